The summed E-state index contributed by atoms with van der Waals surface area (Å²) in [4.78, 5) is 0. The molecule has 4 rings (SSSR count). The second-order valence-corrected chi connectivity index (χ2v) is 9.79. The first-order valence-corrected chi connectivity index (χ1v) is 12.6. The summed E-state index contributed by atoms with van der Waals surface area (Å²) < 4.78 is 6.01. The van der Waals surface area contributed by atoms with Gasteiger partial charge in [0.05, 0.1) is 0 Å². The lowest BCUT2D eigenvalue weighted by Crippen LogP contribution is -2.13. The van der Waals surface area contributed by atoms with Crippen molar-refractivity contribution in [3.8, 4) is 5.75 Å². The number of rotatable bonds is 6. The molecule has 2 saturated carbocycles. The van der Waals surface area contributed by atoms with Crippen molar-refractivity contribution in [3.05, 3.63) is 65.2 Å². The minimum absolute atomic E-state index is 0.568. The molecule has 0 bridgehead atoms. The van der Waals surface area contributed by atoms with E-state index in [9.17, 15) is 0 Å². The van der Waals surface area contributed by atoms with Gasteiger partial charge in [0.1, 0.15) is 5.75 Å². The van der Waals surface area contributed by atoms with Crippen molar-refractivity contribution < 1.29 is 4.74 Å². The summed E-state index contributed by atoms with van der Waals surface area (Å²) in [5.41, 5.74) is 3.92. The maximum Gasteiger partial charge on any atom is 0.198 e. The number of thiocarbonyl (C=S) groups is 1. The lowest BCUT2D eigenvalue weighted by molar-refractivity contribution is 0.308. The van der Waals surface area contributed by atoms with Crippen LogP contribution >= 0.6 is 12.2 Å². The van der Waals surface area contributed by atoms with Crippen molar-refractivity contribution in [2.24, 2.45) is 5.92 Å². The molecule has 0 amide bonds. The molecule has 30 heavy (non-hydrogen) atoms. The van der Waals surface area contributed by atoms with E-state index in [2.05, 4.69) is 55.5 Å². The summed E-state index contributed by atoms with van der Waals surface area (Å²) >= 11 is 5.58. The third-order valence-electron chi connectivity index (χ3n) is 7.33. The molecule has 2 aliphatic rings. The van der Waals surface area contributed by atoms with Crippen LogP contribution in [-0.2, 0) is 0 Å². The number of ether oxygens (including phenoxy) is 1. The Morgan fingerprint density at radius 3 is 1.93 bits per heavy atom. The van der Waals surface area contributed by atoms with Gasteiger partial charge in [-0.05, 0) is 91.8 Å². The zero-order valence-corrected chi connectivity index (χ0v) is 19.3. The van der Waals surface area contributed by atoms with Crippen LogP contribution in [-0.4, -0.2) is 5.05 Å². The van der Waals surface area contributed by atoms with Crippen molar-refractivity contribution in [2.45, 2.75) is 89.4 Å². The van der Waals surface area contributed by atoms with Crippen LogP contribution in [0.25, 0.3) is 0 Å². The first-order valence-electron chi connectivity index (χ1n) is 12.1. The normalized spacial score (nSPS) is 22.6. The predicted molar refractivity (Wildman–Crippen MR) is 131 cm³/mol. The van der Waals surface area contributed by atoms with Crippen LogP contribution in [0.4, 0.5) is 0 Å². The predicted octanol–water partition coefficient (Wildman–Crippen LogP) is 8.56. The van der Waals surface area contributed by atoms with Crippen LogP contribution in [0, 0.1) is 5.92 Å². The van der Waals surface area contributed by atoms with Crippen LogP contribution < -0.4 is 4.74 Å². The second-order valence-electron chi connectivity index (χ2n) is 9.42. The zero-order valence-electron chi connectivity index (χ0n) is 18.4. The molecule has 2 aromatic carbocycles. The van der Waals surface area contributed by atoms with E-state index < -0.39 is 0 Å². The molecular formula is C28H36OS. The Labute approximate surface area is 188 Å². The number of hydrogen-bond acceptors (Lipinski definition) is 2. The quantitative estimate of drug-likeness (QED) is 0.433. The first-order chi connectivity index (χ1) is 14.7. The molecule has 2 heteroatoms. The van der Waals surface area contributed by atoms with Crippen molar-refractivity contribution >= 4 is 17.3 Å². The third-order valence-corrected chi connectivity index (χ3v) is 7.65. The molecular weight excluding hydrogens is 384 g/mol. The lowest BCUT2D eigenvalue weighted by atomic mass is 9.77. The zero-order chi connectivity index (χ0) is 20.8. The fraction of sp³-hybridized carbons (Fsp3) is 0.536. The van der Waals surface area contributed by atoms with E-state index >= 15 is 0 Å². The summed E-state index contributed by atoms with van der Waals surface area (Å²) in [7, 11) is 0. The van der Waals surface area contributed by atoms with Gasteiger partial charge in [-0.15, -0.1) is 0 Å². The van der Waals surface area contributed by atoms with Gasteiger partial charge in [0.15, 0.2) is 5.05 Å². The highest BCUT2D eigenvalue weighted by Gasteiger charge is 2.22. The monoisotopic (exact) mass is 420 g/mol. The van der Waals surface area contributed by atoms with E-state index in [1.54, 1.807) is 0 Å². The van der Waals surface area contributed by atoms with E-state index in [1.807, 2.05) is 0 Å². The molecule has 0 unspecified atom stereocenters. The van der Waals surface area contributed by atoms with Crippen molar-refractivity contribution in [3.63, 3.8) is 0 Å². The molecule has 1 nitrogen and oxygen atoms in total. The fourth-order valence-electron chi connectivity index (χ4n) is 5.49. The molecule has 2 fully saturated rings. The molecule has 160 valence electrons. The minimum Gasteiger partial charge on any atom is -0.445 e. The van der Waals surface area contributed by atoms with Gasteiger partial charge in [0.2, 0.25) is 0 Å². The average Bonchev–Trinajstić information content (AvgIpc) is 2.81. The van der Waals surface area contributed by atoms with Crippen molar-refractivity contribution in [1.82, 2.24) is 0 Å². The summed E-state index contributed by atoms with van der Waals surface area (Å²) in [6.45, 7) is 2.31. The van der Waals surface area contributed by atoms with Gasteiger partial charge in [-0.1, -0.05) is 75.4 Å². The average molecular weight is 421 g/mol. The van der Waals surface area contributed by atoms with Crippen molar-refractivity contribution in [1.29, 1.82) is 0 Å². The topological polar surface area (TPSA) is 9.23 Å². The van der Waals surface area contributed by atoms with E-state index in [0.717, 1.165) is 23.1 Å². The molecule has 2 aromatic rings. The smallest absolute Gasteiger partial charge is 0.198 e. The van der Waals surface area contributed by atoms with Gasteiger partial charge in [0.25, 0.3) is 0 Å². The maximum absolute atomic E-state index is 6.01. The van der Waals surface area contributed by atoms with Crippen LogP contribution in [0.2, 0.25) is 0 Å². The summed E-state index contributed by atoms with van der Waals surface area (Å²) in [6.07, 6.45) is 14.9. The van der Waals surface area contributed by atoms with Gasteiger partial charge < -0.3 is 4.74 Å². The molecule has 0 saturated heterocycles. The Hall–Kier alpha value is -1.67. The summed E-state index contributed by atoms with van der Waals surface area (Å²) in [6, 6.07) is 17.4. The van der Waals surface area contributed by atoms with Crippen LogP contribution in [0.1, 0.15) is 106 Å². The Kier molecular flexibility index (Phi) is 7.60. The Bertz CT molecular complexity index is 794. The van der Waals surface area contributed by atoms with Crippen LogP contribution in [0.3, 0.4) is 0 Å². The molecule has 0 heterocycles. The standard InChI is InChI=1S/C28H36OS/c1-2-6-21-9-11-23(12-10-21)25-17-19-27(20-18-25)29-28(30)26-15-13-24(14-16-26)22-7-4-3-5-8-22/h13-23H,2-12H2,1H3. The molecule has 0 atom stereocenters. The summed E-state index contributed by atoms with van der Waals surface area (Å²) in [5.74, 6) is 3.24. The molecule has 0 radical (unpaired) electrons. The highest BCUT2D eigenvalue weighted by atomic mass is 32.1. The Morgan fingerprint density at radius 2 is 1.33 bits per heavy atom. The fourth-order valence-corrected chi connectivity index (χ4v) is 5.73. The second kappa shape index (κ2) is 10.6. The Balaban J connectivity index is 1.31. The SMILES string of the molecule is CCCC1CCC(c2ccc(OC(=S)c3ccc(C4CCCCC4)cc3)cc2)CC1. The van der Waals surface area contributed by atoms with Gasteiger partial charge in [-0.2, -0.15) is 0 Å². The van der Waals surface area contributed by atoms with Crippen LogP contribution in [0.15, 0.2) is 48.5 Å². The number of benzene rings is 2. The lowest BCUT2D eigenvalue weighted by Gasteiger charge is -2.28. The van der Waals surface area contributed by atoms with Crippen molar-refractivity contribution in [2.75, 3.05) is 0 Å². The van der Waals surface area contributed by atoms with Gasteiger partial charge in [0, 0.05) is 5.56 Å². The first kappa shape index (κ1) is 21.6. The number of hydrogen-bond donors (Lipinski definition) is 0. The van der Waals surface area contributed by atoms with E-state index in [0.29, 0.717) is 11.0 Å². The molecule has 2 aliphatic carbocycles. The minimum atomic E-state index is 0.568. The van der Waals surface area contributed by atoms with Gasteiger partial charge in [-0.3, -0.25) is 0 Å². The maximum atomic E-state index is 6.01. The molecule has 0 N–H and O–H groups in total. The highest BCUT2D eigenvalue weighted by Crippen LogP contribution is 2.38. The molecule has 0 aliphatic heterocycles. The third kappa shape index (κ3) is 5.52. The van der Waals surface area contributed by atoms with Gasteiger partial charge >= 0.3 is 0 Å². The molecule has 0 spiro atoms. The molecule has 0 aromatic heterocycles. The Morgan fingerprint density at radius 1 is 0.767 bits per heavy atom. The highest BCUT2D eigenvalue weighted by molar-refractivity contribution is 7.80. The van der Waals surface area contributed by atoms with Crippen LogP contribution in [0.5, 0.6) is 5.75 Å². The van der Waals surface area contributed by atoms with Gasteiger partial charge in [-0.25, -0.2) is 0 Å². The summed E-state index contributed by atoms with van der Waals surface area (Å²) in [5, 5.41) is 0.568. The van der Waals surface area contributed by atoms with E-state index in [4.69, 9.17) is 17.0 Å². The van der Waals surface area contributed by atoms with E-state index in [-0.39, 0.29) is 0 Å². The van der Waals surface area contributed by atoms with E-state index in [1.165, 1.54) is 81.8 Å². The largest absolute Gasteiger partial charge is 0.445 e.